The van der Waals surface area contributed by atoms with Crippen molar-refractivity contribution >= 4 is 5.69 Å². The Morgan fingerprint density at radius 2 is 1.95 bits per heavy atom. The number of hydrogen-bond donors (Lipinski definition) is 1. The van der Waals surface area contributed by atoms with Gasteiger partial charge in [-0.2, -0.15) is 0 Å². The number of rotatable bonds is 3. The van der Waals surface area contributed by atoms with Gasteiger partial charge in [0, 0.05) is 31.4 Å². The van der Waals surface area contributed by atoms with Gasteiger partial charge >= 0.3 is 0 Å². The van der Waals surface area contributed by atoms with E-state index in [9.17, 15) is 0 Å². The van der Waals surface area contributed by atoms with Crippen molar-refractivity contribution in [1.82, 2.24) is 5.32 Å². The minimum atomic E-state index is 0.493. The van der Waals surface area contributed by atoms with E-state index in [-0.39, 0.29) is 0 Å². The second-order valence-electron chi connectivity index (χ2n) is 5.48. The molecule has 3 rings (SSSR count). The Hall–Kier alpha value is -1.22. The molecule has 0 bridgehead atoms. The molecule has 0 aromatic heterocycles. The Labute approximate surface area is 123 Å². The minimum Gasteiger partial charge on any atom is -0.497 e. The number of anilines is 1. The van der Waals surface area contributed by atoms with Crippen LogP contribution >= 0.6 is 0 Å². The number of nitrogens with zero attached hydrogens (tertiary/aromatic N) is 1. The van der Waals surface area contributed by atoms with E-state index in [1.165, 1.54) is 36.9 Å². The molecule has 1 atom stereocenters. The van der Waals surface area contributed by atoms with Crippen LogP contribution in [-0.4, -0.2) is 26.7 Å². The highest BCUT2D eigenvalue weighted by molar-refractivity contribution is 5.58. The average molecular weight is 276 g/mol. The first kappa shape index (κ1) is 15.2. The lowest BCUT2D eigenvalue weighted by molar-refractivity contribution is 0.412. The molecule has 1 fully saturated rings. The van der Waals surface area contributed by atoms with E-state index in [0.717, 1.165) is 18.3 Å². The highest BCUT2D eigenvalue weighted by Gasteiger charge is 2.28. The monoisotopic (exact) mass is 276 g/mol. The number of nitrogens with one attached hydrogen (secondary N) is 1. The Kier molecular flexibility index (Phi) is 5.30. The Balaban J connectivity index is 0.000000704. The van der Waals surface area contributed by atoms with Crippen LogP contribution in [0.15, 0.2) is 18.2 Å². The molecule has 1 aliphatic carbocycles. The van der Waals surface area contributed by atoms with Crippen molar-refractivity contribution in [2.45, 2.75) is 51.6 Å². The van der Waals surface area contributed by atoms with Crippen LogP contribution in [0.2, 0.25) is 0 Å². The van der Waals surface area contributed by atoms with Gasteiger partial charge in [-0.05, 0) is 49.4 Å². The smallest absolute Gasteiger partial charge is 0.119 e. The summed E-state index contributed by atoms with van der Waals surface area (Å²) >= 11 is 0. The quantitative estimate of drug-likeness (QED) is 0.910. The van der Waals surface area contributed by atoms with Crippen LogP contribution in [0.5, 0.6) is 5.75 Å². The maximum atomic E-state index is 5.38. The zero-order chi connectivity index (χ0) is 14.5. The van der Waals surface area contributed by atoms with Gasteiger partial charge in [0.25, 0.3) is 0 Å². The molecule has 1 unspecified atom stereocenters. The lowest BCUT2D eigenvalue weighted by Crippen LogP contribution is -2.23. The molecule has 1 aromatic carbocycles. The molecule has 0 saturated heterocycles. The first-order chi connectivity index (χ1) is 9.78. The lowest BCUT2D eigenvalue weighted by atomic mass is 10.0. The predicted molar refractivity (Wildman–Crippen MR) is 85.7 cm³/mol. The highest BCUT2D eigenvalue weighted by Crippen LogP contribution is 2.36. The molecule has 1 aromatic rings. The molecule has 0 amide bonds. The van der Waals surface area contributed by atoms with E-state index in [1.54, 1.807) is 7.11 Å². The van der Waals surface area contributed by atoms with Crippen molar-refractivity contribution in [3.8, 4) is 5.75 Å². The molecule has 1 aliphatic heterocycles. The molecule has 0 spiro atoms. The van der Waals surface area contributed by atoms with Gasteiger partial charge in [0.15, 0.2) is 0 Å². The van der Waals surface area contributed by atoms with Gasteiger partial charge in [-0.1, -0.05) is 13.8 Å². The van der Waals surface area contributed by atoms with Crippen molar-refractivity contribution in [2.75, 3.05) is 25.6 Å². The van der Waals surface area contributed by atoms with Gasteiger partial charge < -0.3 is 15.0 Å². The zero-order valence-electron chi connectivity index (χ0n) is 13.3. The minimum absolute atomic E-state index is 0.493. The molecule has 2 aliphatic rings. The first-order valence-corrected chi connectivity index (χ1v) is 7.93. The van der Waals surface area contributed by atoms with E-state index in [2.05, 4.69) is 35.5 Å². The summed E-state index contributed by atoms with van der Waals surface area (Å²) in [7, 11) is 3.93. The van der Waals surface area contributed by atoms with E-state index < -0.39 is 0 Å². The van der Waals surface area contributed by atoms with Gasteiger partial charge in [0.05, 0.1) is 7.11 Å². The summed E-state index contributed by atoms with van der Waals surface area (Å²) in [6.07, 6.45) is 5.15. The fourth-order valence-corrected chi connectivity index (χ4v) is 2.80. The normalized spacial score (nSPS) is 21.4. The summed E-state index contributed by atoms with van der Waals surface area (Å²) in [5.41, 5.74) is 2.76. The van der Waals surface area contributed by atoms with Crippen LogP contribution in [-0.2, 0) is 0 Å². The second kappa shape index (κ2) is 6.98. The Morgan fingerprint density at radius 3 is 2.60 bits per heavy atom. The summed E-state index contributed by atoms with van der Waals surface area (Å²) in [5.74, 6) is 0.964. The van der Waals surface area contributed by atoms with Crippen molar-refractivity contribution in [2.24, 2.45) is 0 Å². The predicted octanol–water partition coefficient (Wildman–Crippen LogP) is 3.74. The second-order valence-corrected chi connectivity index (χ2v) is 5.48. The van der Waals surface area contributed by atoms with E-state index in [4.69, 9.17) is 4.74 Å². The summed E-state index contributed by atoms with van der Waals surface area (Å²) in [6.45, 7) is 5.14. The molecular weight excluding hydrogens is 248 g/mol. The summed E-state index contributed by atoms with van der Waals surface area (Å²) in [4.78, 5) is 2.36. The van der Waals surface area contributed by atoms with Gasteiger partial charge in [0.1, 0.15) is 5.75 Å². The average Bonchev–Trinajstić information content (AvgIpc) is 3.32. The van der Waals surface area contributed by atoms with Crippen LogP contribution in [0.25, 0.3) is 0 Å². The molecule has 0 radical (unpaired) electrons. The largest absolute Gasteiger partial charge is 0.497 e. The summed E-state index contributed by atoms with van der Waals surface area (Å²) in [5, 5.41) is 3.78. The highest BCUT2D eigenvalue weighted by atomic mass is 16.5. The summed E-state index contributed by atoms with van der Waals surface area (Å²) < 4.78 is 5.38. The molecule has 20 heavy (non-hydrogen) atoms. The summed E-state index contributed by atoms with van der Waals surface area (Å²) in [6, 6.07) is 7.71. The van der Waals surface area contributed by atoms with E-state index in [0.29, 0.717) is 6.04 Å². The lowest BCUT2D eigenvalue weighted by Gasteiger charge is -2.23. The number of ether oxygens (including phenoxy) is 1. The fraction of sp³-hybridized carbons (Fsp3) is 0.647. The van der Waals surface area contributed by atoms with Gasteiger partial charge in [-0.15, -0.1) is 0 Å². The van der Waals surface area contributed by atoms with Gasteiger partial charge in [0.2, 0.25) is 0 Å². The topological polar surface area (TPSA) is 24.5 Å². The third-order valence-electron chi connectivity index (χ3n) is 4.02. The van der Waals surface area contributed by atoms with Crippen molar-refractivity contribution in [1.29, 1.82) is 0 Å². The molecule has 1 heterocycles. The van der Waals surface area contributed by atoms with Gasteiger partial charge in [-0.3, -0.25) is 0 Å². The Morgan fingerprint density at radius 1 is 1.20 bits per heavy atom. The maximum absolute atomic E-state index is 5.38. The molecule has 3 heteroatoms. The number of benzene rings is 1. The van der Waals surface area contributed by atoms with Crippen molar-refractivity contribution in [3.63, 3.8) is 0 Å². The maximum Gasteiger partial charge on any atom is 0.119 e. The van der Waals surface area contributed by atoms with E-state index in [1.807, 2.05) is 13.8 Å². The third kappa shape index (κ3) is 3.45. The zero-order valence-corrected chi connectivity index (χ0v) is 13.3. The van der Waals surface area contributed by atoms with E-state index >= 15 is 0 Å². The number of fused-ring (bicyclic) bond motifs is 1. The van der Waals surface area contributed by atoms with Crippen LogP contribution in [0.4, 0.5) is 5.69 Å². The third-order valence-corrected chi connectivity index (χ3v) is 4.02. The van der Waals surface area contributed by atoms with Crippen LogP contribution < -0.4 is 15.0 Å². The molecule has 3 nitrogen and oxygen atoms in total. The van der Waals surface area contributed by atoms with Crippen LogP contribution in [0.1, 0.15) is 51.1 Å². The van der Waals surface area contributed by atoms with Crippen molar-refractivity contribution in [3.05, 3.63) is 23.8 Å². The Bertz CT molecular complexity index is 429. The molecule has 112 valence electrons. The molecule has 1 saturated carbocycles. The number of hydrogen-bond acceptors (Lipinski definition) is 3. The van der Waals surface area contributed by atoms with Gasteiger partial charge in [-0.25, -0.2) is 0 Å². The first-order valence-electron chi connectivity index (χ1n) is 7.93. The van der Waals surface area contributed by atoms with Crippen LogP contribution in [0.3, 0.4) is 0 Å². The van der Waals surface area contributed by atoms with Crippen LogP contribution in [0, 0.1) is 0 Å². The van der Waals surface area contributed by atoms with Crippen molar-refractivity contribution < 1.29 is 4.74 Å². The number of methoxy groups -OCH3 is 1. The molecule has 1 N–H and O–H groups in total. The molecular formula is C17H28N2O. The SMILES string of the molecule is CC.COc1ccc2c(c1)C(NC1CC1)CCCN2C. The fourth-order valence-electron chi connectivity index (χ4n) is 2.80. The standard InChI is InChI=1S/C15H22N2O.C2H6/c1-17-9-3-4-14(16-11-5-6-11)13-10-12(18-2)7-8-15(13)17;1-2/h7-8,10-11,14,16H,3-6,9H2,1-2H3;1-2H3.